The molecule has 2 aromatic rings. The number of nitrogens with one attached hydrogen (secondary N) is 1. The SMILES string of the molecule is CC(CC(=N)N)N(C)c1ccnc2cc(Cl)ccc12. The third-order valence-corrected chi connectivity index (χ3v) is 3.47. The van der Waals surface area contributed by atoms with Crippen LogP contribution in [0.3, 0.4) is 0 Å². The molecule has 0 spiro atoms. The quantitative estimate of drug-likeness (QED) is 0.666. The van der Waals surface area contributed by atoms with Gasteiger partial charge >= 0.3 is 0 Å². The van der Waals surface area contributed by atoms with Gasteiger partial charge in [-0.05, 0) is 31.2 Å². The van der Waals surface area contributed by atoms with E-state index in [-0.39, 0.29) is 11.9 Å². The summed E-state index contributed by atoms with van der Waals surface area (Å²) < 4.78 is 0. The summed E-state index contributed by atoms with van der Waals surface area (Å²) in [5, 5.41) is 9.12. The molecule has 0 amide bonds. The number of hydrogen-bond acceptors (Lipinski definition) is 3. The van der Waals surface area contributed by atoms with Crippen molar-refractivity contribution in [2.75, 3.05) is 11.9 Å². The summed E-state index contributed by atoms with van der Waals surface area (Å²) >= 11 is 5.98. The van der Waals surface area contributed by atoms with Crippen LogP contribution in [0.4, 0.5) is 5.69 Å². The first-order valence-corrected chi connectivity index (χ1v) is 6.47. The Morgan fingerprint density at radius 2 is 2.21 bits per heavy atom. The van der Waals surface area contributed by atoms with E-state index in [4.69, 9.17) is 22.7 Å². The average Bonchev–Trinajstić information content (AvgIpc) is 2.36. The summed E-state index contributed by atoms with van der Waals surface area (Å²) in [6.07, 6.45) is 2.30. The van der Waals surface area contributed by atoms with Gasteiger partial charge in [-0.3, -0.25) is 10.4 Å². The molecule has 4 nitrogen and oxygen atoms in total. The van der Waals surface area contributed by atoms with Crippen LogP contribution in [0, 0.1) is 5.41 Å². The molecular formula is C14H17ClN4. The van der Waals surface area contributed by atoms with E-state index in [0.29, 0.717) is 11.4 Å². The number of amidine groups is 1. The van der Waals surface area contributed by atoms with Crippen molar-refractivity contribution < 1.29 is 0 Å². The van der Waals surface area contributed by atoms with Crippen LogP contribution >= 0.6 is 11.6 Å². The Labute approximate surface area is 117 Å². The van der Waals surface area contributed by atoms with Crippen LogP contribution in [0.5, 0.6) is 0 Å². The highest BCUT2D eigenvalue weighted by Crippen LogP contribution is 2.28. The van der Waals surface area contributed by atoms with Crippen molar-refractivity contribution >= 4 is 34.0 Å². The predicted octanol–water partition coefficient (Wildman–Crippen LogP) is 3.04. The van der Waals surface area contributed by atoms with Gasteiger partial charge < -0.3 is 10.6 Å². The van der Waals surface area contributed by atoms with Gasteiger partial charge in [-0.15, -0.1) is 0 Å². The average molecular weight is 277 g/mol. The van der Waals surface area contributed by atoms with Gasteiger partial charge in [0.15, 0.2) is 0 Å². The lowest BCUT2D eigenvalue weighted by molar-refractivity contribution is 0.711. The Kier molecular flexibility index (Phi) is 3.90. The molecule has 0 saturated carbocycles. The molecule has 5 heteroatoms. The summed E-state index contributed by atoms with van der Waals surface area (Å²) in [4.78, 5) is 6.44. The first kappa shape index (κ1) is 13.6. The Morgan fingerprint density at radius 3 is 2.89 bits per heavy atom. The number of nitrogens with two attached hydrogens (primary N) is 1. The third-order valence-electron chi connectivity index (χ3n) is 3.24. The number of fused-ring (bicyclic) bond motifs is 1. The van der Waals surface area contributed by atoms with Crippen molar-refractivity contribution in [3.63, 3.8) is 0 Å². The van der Waals surface area contributed by atoms with E-state index in [1.165, 1.54) is 0 Å². The zero-order valence-corrected chi connectivity index (χ0v) is 11.8. The Bertz CT molecular complexity index is 611. The summed E-state index contributed by atoms with van der Waals surface area (Å²) in [5.74, 6) is 0.195. The summed E-state index contributed by atoms with van der Waals surface area (Å²) in [7, 11) is 2.00. The van der Waals surface area contributed by atoms with Gasteiger partial charge in [-0.1, -0.05) is 11.6 Å². The van der Waals surface area contributed by atoms with Gasteiger partial charge in [-0.25, -0.2) is 0 Å². The molecule has 19 heavy (non-hydrogen) atoms. The molecule has 1 aromatic carbocycles. The van der Waals surface area contributed by atoms with E-state index < -0.39 is 0 Å². The zero-order chi connectivity index (χ0) is 14.0. The molecule has 100 valence electrons. The molecule has 0 radical (unpaired) electrons. The summed E-state index contributed by atoms with van der Waals surface area (Å²) in [6.45, 7) is 2.05. The minimum absolute atomic E-state index is 0.152. The molecular weight excluding hydrogens is 260 g/mol. The lowest BCUT2D eigenvalue weighted by atomic mass is 10.1. The van der Waals surface area contributed by atoms with E-state index in [1.807, 2.05) is 38.2 Å². The van der Waals surface area contributed by atoms with Crippen LogP contribution in [0.2, 0.25) is 5.02 Å². The second-order valence-corrected chi connectivity index (χ2v) is 5.12. The van der Waals surface area contributed by atoms with Gasteiger partial charge in [0, 0.05) is 41.8 Å². The van der Waals surface area contributed by atoms with Gasteiger partial charge in [-0.2, -0.15) is 0 Å². The lowest BCUT2D eigenvalue weighted by Gasteiger charge is -2.27. The van der Waals surface area contributed by atoms with E-state index in [9.17, 15) is 0 Å². The second kappa shape index (κ2) is 5.45. The predicted molar refractivity (Wildman–Crippen MR) is 81.1 cm³/mol. The first-order chi connectivity index (χ1) is 8.99. The molecule has 1 atom stereocenters. The number of anilines is 1. The zero-order valence-electron chi connectivity index (χ0n) is 11.0. The van der Waals surface area contributed by atoms with Crippen LogP contribution in [0.25, 0.3) is 10.9 Å². The Morgan fingerprint density at radius 1 is 1.47 bits per heavy atom. The first-order valence-electron chi connectivity index (χ1n) is 6.09. The number of benzene rings is 1. The number of rotatable bonds is 4. The maximum Gasteiger partial charge on any atom is 0.0925 e. The van der Waals surface area contributed by atoms with Gasteiger partial charge in [0.2, 0.25) is 0 Å². The molecule has 0 bridgehead atoms. The number of pyridine rings is 1. The molecule has 0 fully saturated rings. The lowest BCUT2D eigenvalue weighted by Crippen LogP contribution is -2.32. The topological polar surface area (TPSA) is 66.0 Å². The van der Waals surface area contributed by atoms with Crippen molar-refractivity contribution in [1.29, 1.82) is 5.41 Å². The van der Waals surface area contributed by atoms with Crippen molar-refractivity contribution in [2.24, 2.45) is 5.73 Å². The minimum Gasteiger partial charge on any atom is -0.388 e. The fourth-order valence-corrected chi connectivity index (χ4v) is 2.27. The third kappa shape index (κ3) is 2.96. The smallest absolute Gasteiger partial charge is 0.0925 e. The summed E-state index contributed by atoms with van der Waals surface area (Å²) in [6, 6.07) is 7.80. The van der Waals surface area contributed by atoms with Crippen LogP contribution in [0.1, 0.15) is 13.3 Å². The highest BCUT2D eigenvalue weighted by molar-refractivity contribution is 6.31. The van der Waals surface area contributed by atoms with Crippen LogP contribution in [0.15, 0.2) is 30.5 Å². The monoisotopic (exact) mass is 276 g/mol. The van der Waals surface area contributed by atoms with Gasteiger partial charge in [0.25, 0.3) is 0 Å². The van der Waals surface area contributed by atoms with Gasteiger partial charge in [0.05, 0.1) is 11.4 Å². The maximum absolute atomic E-state index is 7.39. The number of halogens is 1. The fourth-order valence-electron chi connectivity index (χ4n) is 2.11. The Hall–Kier alpha value is -1.81. The van der Waals surface area contributed by atoms with Crippen molar-refractivity contribution in [2.45, 2.75) is 19.4 Å². The van der Waals surface area contributed by atoms with E-state index in [0.717, 1.165) is 16.6 Å². The van der Waals surface area contributed by atoms with Crippen LogP contribution < -0.4 is 10.6 Å². The molecule has 0 saturated heterocycles. The minimum atomic E-state index is 0.152. The number of nitrogens with zero attached hydrogens (tertiary/aromatic N) is 2. The normalized spacial score (nSPS) is 12.4. The number of aromatic nitrogens is 1. The highest BCUT2D eigenvalue weighted by atomic mass is 35.5. The standard InChI is InChI=1S/C14H17ClN4/c1-9(7-14(16)17)19(2)13-5-6-18-12-8-10(15)3-4-11(12)13/h3-6,8-9H,7H2,1-2H3,(H3,16,17). The molecule has 0 aliphatic carbocycles. The largest absolute Gasteiger partial charge is 0.388 e. The molecule has 2 rings (SSSR count). The fraction of sp³-hybridized carbons (Fsp3) is 0.286. The molecule has 1 unspecified atom stereocenters. The van der Waals surface area contributed by atoms with Crippen LogP contribution in [-0.4, -0.2) is 23.9 Å². The molecule has 0 aliphatic heterocycles. The Balaban J connectivity index is 2.41. The van der Waals surface area contributed by atoms with Crippen molar-refractivity contribution in [3.05, 3.63) is 35.5 Å². The molecule has 0 aliphatic rings. The molecule has 1 heterocycles. The molecule has 3 N–H and O–H groups in total. The second-order valence-electron chi connectivity index (χ2n) is 4.68. The van der Waals surface area contributed by atoms with Crippen molar-refractivity contribution in [3.8, 4) is 0 Å². The van der Waals surface area contributed by atoms with E-state index in [1.54, 1.807) is 6.20 Å². The maximum atomic E-state index is 7.39. The molecule has 1 aromatic heterocycles. The van der Waals surface area contributed by atoms with E-state index >= 15 is 0 Å². The van der Waals surface area contributed by atoms with Gasteiger partial charge in [0.1, 0.15) is 0 Å². The van der Waals surface area contributed by atoms with E-state index in [2.05, 4.69) is 9.88 Å². The number of hydrogen-bond donors (Lipinski definition) is 2. The highest BCUT2D eigenvalue weighted by Gasteiger charge is 2.14. The van der Waals surface area contributed by atoms with Crippen LogP contribution in [-0.2, 0) is 0 Å². The van der Waals surface area contributed by atoms with Crippen molar-refractivity contribution in [1.82, 2.24) is 4.98 Å². The summed E-state index contributed by atoms with van der Waals surface area (Å²) in [5.41, 5.74) is 7.40.